The molecule has 0 heterocycles. The van der Waals surface area contributed by atoms with Gasteiger partial charge in [0.05, 0.1) is 0 Å². The van der Waals surface area contributed by atoms with E-state index in [1.165, 1.54) is 18.4 Å². The summed E-state index contributed by atoms with van der Waals surface area (Å²) in [6.07, 6.45) is 4.81. The van der Waals surface area contributed by atoms with Gasteiger partial charge in [-0.2, -0.15) is 0 Å². The van der Waals surface area contributed by atoms with Crippen molar-refractivity contribution in [2.45, 2.75) is 32.6 Å². The van der Waals surface area contributed by atoms with Gasteiger partial charge < -0.3 is 5.11 Å². The highest BCUT2D eigenvalue weighted by Gasteiger charge is 2.22. The number of phenols is 1. The van der Waals surface area contributed by atoms with E-state index in [4.69, 9.17) is 0 Å². The van der Waals surface area contributed by atoms with Crippen LogP contribution in [-0.4, -0.2) is 5.11 Å². The Morgan fingerprint density at radius 1 is 1.38 bits per heavy atom. The zero-order valence-electron chi connectivity index (χ0n) is 8.09. The first-order chi connectivity index (χ1) is 6.29. The minimum Gasteiger partial charge on any atom is -0.508 e. The second-order valence-electron chi connectivity index (χ2n) is 3.96. The fourth-order valence-electron chi connectivity index (χ4n) is 1.66. The average Bonchev–Trinajstić information content (AvgIpc) is 2.93. The Kier molecular flexibility index (Phi) is 2.26. The van der Waals surface area contributed by atoms with Gasteiger partial charge >= 0.3 is 0 Å². The molecule has 0 unspecified atom stereocenters. The molecule has 1 aromatic rings. The molecule has 13 heavy (non-hydrogen) atoms. The fraction of sp³-hybridized carbons (Fsp3) is 0.500. The normalized spacial score (nSPS) is 16.1. The van der Waals surface area contributed by atoms with Gasteiger partial charge in [0.25, 0.3) is 0 Å². The van der Waals surface area contributed by atoms with Gasteiger partial charge in [0.1, 0.15) is 5.75 Å². The van der Waals surface area contributed by atoms with Crippen molar-refractivity contribution in [1.29, 1.82) is 0 Å². The Morgan fingerprint density at radius 3 is 2.77 bits per heavy atom. The first-order valence-electron chi connectivity index (χ1n) is 5.10. The molecule has 1 fully saturated rings. The lowest BCUT2D eigenvalue weighted by Crippen LogP contribution is -1.90. The summed E-state index contributed by atoms with van der Waals surface area (Å²) < 4.78 is 0. The molecule has 0 amide bonds. The monoisotopic (exact) mass is 176 g/mol. The number of benzene rings is 1. The van der Waals surface area contributed by atoms with Crippen LogP contribution in [0, 0.1) is 5.92 Å². The number of aryl methyl sites for hydroxylation is 1. The van der Waals surface area contributed by atoms with Gasteiger partial charge in [0, 0.05) is 0 Å². The summed E-state index contributed by atoms with van der Waals surface area (Å²) in [6, 6.07) is 5.98. The van der Waals surface area contributed by atoms with Gasteiger partial charge in [0.2, 0.25) is 0 Å². The van der Waals surface area contributed by atoms with E-state index in [1.54, 1.807) is 0 Å². The molecular weight excluding hydrogens is 160 g/mol. The van der Waals surface area contributed by atoms with Crippen molar-refractivity contribution in [3.8, 4) is 5.75 Å². The van der Waals surface area contributed by atoms with Gasteiger partial charge in [-0.1, -0.05) is 19.1 Å². The van der Waals surface area contributed by atoms with Crippen LogP contribution < -0.4 is 0 Å². The lowest BCUT2D eigenvalue weighted by molar-refractivity contribution is 0.466. The molecule has 1 aliphatic rings. The predicted octanol–water partition coefficient (Wildman–Crippen LogP) is 2.91. The molecule has 0 radical (unpaired) electrons. The van der Waals surface area contributed by atoms with E-state index < -0.39 is 0 Å². The number of rotatable bonds is 3. The van der Waals surface area contributed by atoms with Crippen LogP contribution in [0.5, 0.6) is 5.75 Å². The molecule has 1 N–H and O–H groups in total. The summed E-state index contributed by atoms with van der Waals surface area (Å²) in [7, 11) is 0. The quantitative estimate of drug-likeness (QED) is 0.750. The molecule has 1 nitrogen and oxygen atoms in total. The maximum Gasteiger partial charge on any atom is 0.118 e. The van der Waals surface area contributed by atoms with Crippen molar-refractivity contribution in [2.24, 2.45) is 5.92 Å². The molecule has 0 atom stereocenters. The summed E-state index contributed by atoms with van der Waals surface area (Å²) in [4.78, 5) is 0. The molecule has 2 rings (SSSR count). The topological polar surface area (TPSA) is 20.2 Å². The first-order valence-corrected chi connectivity index (χ1v) is 5.10. The molecule has 1 saturated carbocycles. The van der Waals surface area contributed by atoms with E-state index in [-0.39, 0.29) is 0 Å². The summed E-state index contributed by atoms with van der Waals surface area (Å²) in [6.45, 7) is 2.15. The third-order valence-corrected chi connectivity index (χ3v) is 2.76. The number of hydrogen-bond donors (Lipinski definition) is 1. The van der Waals surface area contributed by atoms with E-state index in [9.17, 15) is 5.11 Å². The lowest BCUT2D eigenvalue weighted by atomic mass is 10.0. The van der Waals surface area contributed by atoms with Crippen molar-refractivity contribution < 1.29 is 5.11 Å². The Hall–Kier alpha value is -0.980. The molecule has 0 saturated heterocycles. The highest BCUT2D eigenvalue weighted by atomic mass is 16.3. The molecule has 0 bridgehead atoms. The zero-order valence-corrected chi connectivity index (χ0v) is 8.09. The van der Waals surface area contributed by atoms with Crippen LogP contribution in [0.2, 0.25) is 0 Å². The molecular formula is C12H16O. The minimum absolute atomic E-state index is 0.476. The summed E-state index contributed by atoms with van der Waals surface area (Å²) in [5.74, 6) is 1.32. The van der Waals surface area contributed by atoms with Crippen molar-refractivity contribution in [1.82, 2.24) is 0 Å². The van der Waals surface area contributed by atoms with Gasteiger partial charge in [-0.3, -0.25) is 0 Å². The zero-order chi connectivity index (χ0) is 9.26. The van der Waals surface area contributed by atoms with E-state index in [0.29, 0.717) is 5.75 Å². The van der Waals surface area contributed by atoms with E-state index in [1.807, 2.05) is 12.1 Å². The minimum atomic E-state index is 0.476. The Morgan fingerprint density at radius 2 is 2.15 bits per heavy atom. The van der Waals surface area contributed by atoms with Crippen molar-refractivity contribution in [3.05, 3.63) is 29.3 Å². The van der Waals surface area contributed by atoms with Crippen LogP contribution >= 0.6 is 0 Å². The molecule has 1 aromatic carbocycles. The van der Waals surface area contributed by atoms with Crippen molar-refractivity contribution in [2.75, 3.05) is 0 Å². The van der Waals surface area contributed by atoms with Crippen LogP contribution in [-0.2, 0) is 12.8 Å². The fourth-order valence-corrected chi connectivity index (χ4v) is 1.66. The summed E-state index contributed by atoms with van der Waals surface area (Å²) in [5.41, 5.74) is 2.47. The Bertz CT molecular complexity index is 300. The largest absolute Gasteiger partial charge is 0.508 e. The maximum absolute atomic E-state index is 9.61. The third kappa shape index (κ3) is 2.03. The Labute approximate surface area is 79.4 Å². The highest BCUT2D eigenvalue weighted by molar-refractivity contribution is 5.36. The Balaban J connectivity index is 2.19. The van der Waals surface area contributed by atoms with Crippen LogP contribution in [0.1, 0.15) is 30.9 Å². The lowest BCUT2D eigenvalue weighted by Gasteiger charge is -2.05. The molecule has 1 aliphatic carbocycles. The summed E-state index contributed by atoms with van der Waals surface area (Å²) >= 11 is 0. The second kappa shape index (κ2) is 3.41. The average molecular weight is 176 g/mol. The van der Waals surface area contributed by atoms with Crippen LogP contribution in [0.4, 0.5) is 0 Å². The van der Waals surface area contributed by atoms with Crippen molar-refractivity contribution >= 4 is 0 Å². The predicted molar refractivity (Wildman–Crippen MR) is 53.9 cm³/mol. The van der Waals surface area contributed by atoms with Crippen LogP contribution in [0.25, 0.3) is 0 Å². The van der Waals surface area contributed by atoms with Gasteiger partial charge in [-0.25, -0.2) is 0 Å². The third-order valence-electron chi connectivity index (χ3n) is 2.76. The van der Waals surface area contributed by atoms with Crippen LogP contribution in [0.3, 0.4) is 0 Å². The molecule has 0 spiro atoms. The number of hydrogen-bond acceptors (Lipinski definition) is 1. The first kappa shape index (κ1) is 8.61. The van der Waals surface area contributed by atoms with Crippen LogP contribution in [0.15, 0.2) is 18.2 Å². The van der Waals surface area contributed by atoms with E-state index >= 15 is 0 Å². The smallest absolute Gasteiger partial charge is 0.118 e. The maximum atomic E-state index is 9.61. The SMILES string of the molecule is CCc1ccc(O)c(CC2CC2)c1. The highest BCUT2D eigenvalue weighted by Crippen LogP contribution is 2.35. The van der Waals surface area contributed by atoms with Crippen molar-refractivity contribution in [3.63, 3.8) is 0 Å². The number of aromatic hydroxyl groups is 1. The molecule has 70 valence electrons. The molecule has 0 aliphatic heterocycles. The van der Waals surface area contributed by atoms with E-state index in [2.05, 4.69) is 13.0 Å². The van der Waals surface area contributed by atoms with Gasteiger partial charge in [-0.05, 0) is 48.8 Å². The number of phenolic OH excluding ortho intramolecular Hbond substituents is 1. The molecule has 1 heteroatoms. The molecule has 0 aromatic heterocycles. The second-order valence-corrected chi connectivity index (χ2v) is 3.96. The van der Waals surface area contributed by atoms with E-state index in [0.717, 1.165) is 24.3 Å². The summed E-state index contributed by atoms with van der Waals surface area (Å²) in [5, 5.41) is 9.61. The van der Waals surface area contributed by atoms with Gasteiger partial charge in [0.15, 0.2) is 0 Å². The van der Waals surface area contributed by atoms with Gasteiger partial charge in [-0.15, -0.1) is 0 Å². The standard InChI is InChI=1S/C12H16O/c1-2-9-5-6-12(13)11(7-9)8-10-3-4-10/h5-7,10,13H,2-4,8H2,1H3.